The van der Waals surface area contributed by atoms with Crippen LogP contribution < -0.4 is 20.7 Å². The molecule has 7 heteroatoms. The first-order valence-corrected chi connectivity index (χ1v) is 8.65. The molecule has 144 valence electrons. The zero-order chi connectivity index (χ0) is 19.6. The molecule has 0 fully saturated rings. The normalized spacial score (nSPS) is 11.0. The number of aliphatic imine (C=N–C) groups is 1. The minimum absolute atomic E-state index is 0.172. The van der Waals surface area contributed by atoms with E-state index in [0.29, 0.717) is 42.5 Å². The first kappa shape index (κ1) is 20.2. The molecule has 1 amide bonds. The van der Waals surface area contributed by atoms with Gasteiger partial charge in [0.25, 0.3) is 5.91 Å². The molecule has 0 aliphatic carbocycles. The molecule has 0 aliphatic rings. The molecule has 0 saturated heterocycles. The maximum absolute atomic E-state index is 13.6. The van der Waals surface area contributed by atoms with E-state index < -0.39 is 0 Å². The second-order valence-electron chi connectivity index (χ2n) is 5.92. The van der Waals surface area contributed by atoms with Gasteiger partial charge in [0.2, 0.25) is 0 Å². The van der Waals surface area contributed by atoms with Crippen LogP contribution in [0.3, 0.4) is 0 Å². The largest absolute Gasteiger partial charge is 0.497 e. The predicted molar refractivity (Wildman–Crippen MR) is 105 cm³/mol. The van der Waals surface area contributed by atoms with E-state index in [1.807, 2.05) is 6.07 Å². The fourth-order valence-corrected chi connectivity index (χ4v) is 2.38. The van der Waals surface area contributed by atoms with Crippen molar-refractivity contribution in [3.63, 3.8) is 0 Å². The summed E-state index contributed by atoms with van der Waals surface area (Å²) in [6.45, 7) is 3.10. The van der Waals surface area contributed by atoms with Crippen LogP contribution in [0.1, 0.15) is 21.5 Å². The number of ether oxygens (including phenoxy) is 1. The molecular formula is C20H25FN4O2. The maximum Gasteiger partial charge on any atom is 0.251 e. The van der Waals surface area contributed by atoms with Crippen molar-refractivity contribution in [2.45, 2.75) is 13.5 Å². The van der Waals surface area contributed by atoms with E-state index in [9.17, 15) is 9.18 Å². The summed E-state index contributed by atoms with van der Waals surface area (Å²) < 4.78 is 18.7. The number of benzene rings is 2. The number of rotatable bonds is 7. The number of carbonyl (C=O) groups excluding carboxylic acids is 1. The SMILES string of the molecule is CN=C(NCCNC(=O)c1cccc(OC)c1)NCc1ccc(C)c(F)c1. The van der Waals surface area contributed by atoms with Gasteiger partial charge in [-0.25, -0.2) is 4.39 Å². The summed E-state index contributed by atoms with van der Waals surface area (Å²) in [4.78, 5) is 16.2. The van der Waals surface area contributed by atoms with Crippen molar-refractivity contribution in [3.05, 3.63) is 65.0 Å². The number of hydrogen-bond acceptors (Lipinski definition) is 3. The van der Waals surface area contributed by atoms with E-state index in [2.05, 4.69) is 20.9 Å². The zero-order valence-corrected chi connectivity index (χ0v) is 15.8. The number of guanidine groups is 1. The smallest absolute Gasteiger partial charge is 0.251 e. The van der Waals surface area contributed by atoms with Crippen molar-refractivity contribution < 1.29 is 13.9 Å². The molecule has 0 atom stereocenters. The van der Waals surface area contributed by atoms with Crippen molar-refractivity contribution in [3.8, 4) is 5.75 Å². The van der Waals surface area contributed by atoms with Crippen LogP contribution >= 0.6 is 0 Å². The van der Waals surface area contributed by atoms with Gasteiger partial charge in [0.05, 0.1) is 7.11 Å². The third-order valence-electron chi connectivity index (χ3n) is 3.95. The monoisotopic (exact) mass is 372 g/mol. The van der Waals surface area contributed by atoms with Crippen molar-refractivity contribution in [1.29, 1.82) is 0 Å². The van der Waals surface area contributed by atoms with Crippen molar-refractivity contribution in [2.24, 2.45) is 4.99 Å². The minimum Gasteiger partial charge on any atom is -0.497 e. The number of amides is 1. The van der Waals surface area contributed by atoms with Gasteiger partial charge in [-0.1, -0.05) is 18.2 Å². The fourth-order valence-electron chi connectivity index (χ4n) is 2.38. The average Bonchev–Trinajstić information content (AvgIpc) is 2.69. The minimum atomic E-state index is -0.225. The first-order chi connectivity index (χ1) is 13.0. The van der Waals surface area contributed by atoms with E-state index in [0.717, 1.165) is 5.56 Å². The summed E-state index contributed by atoms with van der Waals surface area (Å²) in [5.41, 5.74) is 1.98. The highest BCUT2D eigenvalue weighted by Gasteiger charge is 2.06. The van der Waals surface area contributed by atoms with Crippen LogP contribution in [0.25, 0.3) is 0 Å². The summed E-state index contributed by atoms with van der Waals surface area (Å²) >= 11 is 0. The molecule has 0 bridgehead atoms. The van der Waals surface area contributed by atoms with Gasteiger partial charge in [-0.05, 0) is 42.3 Å². The Morgan fingerprint density at radius 3 is 2.59 bits per heavy atom. The Kier molecular flexibility index (Phi) is 7.61. The van der Waals surface area contributed by atoms with Gasteiger partial charge < -0.3 is 20.7 Å². The quantitative estimate of drug-likeness (QED) is 0.396. The van der Waals surface area contributed by atoms with Gasteiger partial charge >= 0.3 is 0 Å². The second kappa shape index (κ2) is 10.2. The van der Waals surface area contributed by atoms with Gasteiger partial charge in [-0.15, -0.1) is 0 Å². The van der Waals surface area contributed by atoms with Crippen LogP contribution in [0, 0.1) is 12.7 Å². The molecule has 6 nitrogen and oxygen atoms in total. The molecule has 2 aromatic carbocycles. The predicted octanol–water partition coefficient (Wildman–Crippen LogP) is 2.24. The molecule has 2 aromatic rings. The number of methoxy groups -OCH3 is 1. The summed E-state index contributed by atoms with van der Waals surface area (Å²) in [5.74, 6) is 0.816. The van der Waals surface area contributed by atoms with Gasteiger partial charge in [0.15, 0.2) is 5.96 Å². The Labute approximate surface area is 158 Å². The Morgan fingerprint density at radius 1 is 1.11 bits per heavy atom. The van der Waals surface area contributed by atoms with Gasteiger partial charge in [0.1, 0.15) is 11.6 Å². The molecule has 0 unspecified atom stereocenters. The summed E-state index contributed by atoms with van der Waals surface area (Å²) in [5, 5.41) is 9.04. The number of nitrogens with zero attached hydrogens (tertiary/aromatic N) is 1. The molecule has 0 radical (unpaired) electrons. The van der Waals surface area contributed by atoms with E-state index in [4.69, 9.17) is 4.74 Å². The highest BCUT2D eigenvalue weighted by Crippen LogP contribution is 2.12. The standard InChI is InChI=1S/C20H25FN4O2/c1-14-7-8-15(11-18(14)21)13-25-20(22-2)24-10-9-23-19(26)16-5-4-6-17(12-16)27-3/h4-8,11-12H,9-10,13H2,1-3H3,(H,23,26)(H2,22,24,25). The van der Waals surface area contributed by atoms with Crippen LogP contribution in [0.5, 0.6) is 5.75 Å². The molecular weight excluding hydrogens is 347 g/mol. The summed E-state index contributed by atoms with van der Waals surface area (Å²) in [6, 6.07) is 12.1. The molecule has 0 spiro atoms. The highest BCUT2D eigenvalue weighted by atomic mass is 19.1. The van der Waals surface area contributed by atoms with Crippen LogP contribution in [0.4, 0.5) is 4.39 Å². The van der Waals surface area contributed by atoms with Crippen molar-refractivity contribution >= 4 is 11.9 Å². The van der Waals surface area contributed by atoms with Gasteiger partial charge in [-0.2, -0.15) is 0 Å². The fraction of sp³-hybridized carbons (Fsp3) is 0.300. The van der Waals surface area contributed by atoms with E-state index >= 15 is 0 Å². The number of halogens is 1. The third-order valence-corrected chi connectivity index (χ3v) is 3.95. The molecule has 0 aromatic heterocycles. The average molecular weight is 372 g/mol. The summed E-state index contributed by atoms with van der Waals surface area (Å²) in [7, 11) is 3.21. The van der Waals surface area contributed by atoms with Crippen molar-refractivity contribution in [2.75, 3.05) is 27.2 Å². The van der Waals surface area contributed by atoms with Crippen LogP contribution in [-0.2, 0) is 6.54 Å². The number of aryl methyl sites for hydroxylation is 1. The lowest BCUT2D eigenvalue weighted by atomic mass is 10.1. The molecule has 2 rings (SSSR count). The lowest BCUT2D eigenvalue weighted by Crippen LogP contribution is -2.41. The topological polar surface area (TPSA) is 74.8 Å². The van der Waals surface area contributed by atoms with E-state index in [1.54, 1.807) is 51.4 Å². The second-order valence-corrected chi connectivity index (χ2v) is 5.92. The molecule has 0 saturated carbocycles. The number of hydrogen-bond donors (Lipinski definition) is 3. The number of nitrogens with one attached hydrogen (secondary N) is 3. The number of carbonyl (C=O) groups is 1. The van der Waals surface area contributed by atoms with Crippen LogP contribution in [0.2, 0.25) is 0 Å². The Bertz CT molecular complexity index is 808. The molecule has 0 heterocycles. The Hall–Kier alpha value is -3.09. The zero-order valence-electron chi connectivity index (χ0n) is 15.8. The lowest BCUT2D eigenvalue weighted by molar-refractivity contribution is 0.0954. The van der Waals surface area contributed by atoms with E-state index in [1.165, 1.54) is 6.07 Å². The molecule has 0 aliphatic heterocycles. The van der Waals surface area contributed by atoms with Gasteiger partial charge in [0, 0.05) is 32.2 Å². The molecule has 27 heavy (non-hydrogen) atoms. The third kappa shape index (κ3) is 6.29. The van der Waals surface area contributed by atoms with Crippen molar-refractivity contribution in [1.82, 2.24) is 16.0 Å². The first-order valence-electron chi connectivity index (χ1n) is 8.65. The molecule has 3 N–H and O–H groups in total. The Balaban J connectivity index is 1.74. The van der Waals surface area contributed by atoms with E-state index in [-0.39, 0.29) is 11.7 Å². The van der Waals surface area contributed by atoms with Crippen LogP contribution in [0.15, 0.2) is 47.5 Å². The maximum atomic E-state index is 13.6. The summed E-state index contributed by atoms with van der Waals surface area (Å²) in [6.07, 6.45) is 0. The van der Waals surface area contributed by atoms with Gasteiger partial charge in [-0.3, -0.25) is 9.79 Å². The van der Waals surface area contributed by atoms with Crippen LogP contribution in [-0.4, -0.2) is 39.1 Å². The Morgan fingerprint density at radius 2 is 1.89 bits per heavy atom. The highest BCUT2D eigenvalue weighted by molar-refractivity contribution is 5.94. The lowest BCUT2D eigenvalue weighted by Gasteiger charge is -2.13.